The van der Waals surface area contributed by atoms with Crippen molar-refractivity contribution in [2.75, 3.05) is 7.11 Å². The fourth-order valence-electron chi connectivity index (χ4n) is 3.15. The van der Waals surface area contributed by atoms with Crippen LogP contribution in [0.1, 0.15) is 16.7 Å². The van der Waals surface area contributed by atoms with E-state index in [1.54, 1.807) is 31.4 Å². The molecule has 4 nitrogen and oxygen atoms in total. The summed E-state index contributed by atoms with van der Waals surface area (Å²) >= 11 is 14.3. The number of hydrogen-bond acceptors (Lipinski definition) is 4. The average molecular weight is 579 g/mol. The topological polar surface area (TPSA) is 44.8 Å². The third kappa shape index (κ3) is 5.11. The Morgan fingerprint density at radius 2 is 1.81 bits per heavy atom. The first-order valence-corrected chi connectivity index (χ1v) is 11.4. The molecule has 7 heteroatoms. The van der Waals surface area contributed by atoms with E-state index in [2.05, 4.69) is 22.6 Å². The number of carbonyl (C=O) groups is 1. The Kier molecular flexibility index (Phi) is 7.08. The van der Waals surface area contributed by atoms with Crippen molar-refractivity contribution in [1.82, 2.24) is 0 Å². The molecule has 0 N–H and O–H groups in total. The van der Waals surface area contributed by atoms with Crippen LogP contribution in [0.5, 0.6) is 11.5 Å². The lowest BCUT2D eigenvalue weighted by atomic mass is 10.1. The second-order valence-electron chi connectivity index (χ2n) is 6.92. The predicted octanol–water partition coefficient (Wildman–Crippen LogP) is 7.17. The third-order valence-corrected chi connectivity index (χ3v) is 6.18. The second kappa shape index (κ2) is 9.98. The normalized spacial score (nSPS) is 14.3. The smallest absolute Gasteiger partial charge is 0.343 e. The molecule has 162 valence electrons. The molecule has 0 aromatic heterocycles. The Balaban J connectivity index is 1.59. The molecule has 0 spiro atoms. The number of hydrogen-bond donors (Lipinski definition) is 0. The molecule has 0 saturated carbocycles. The van der Waals surface area contributed by atoms with Crippen LogP contribution in [0, 0.1) is 3.57 Å². The monoisotopic (exact) mass is 578 g/mol. The first-order chi connectivity index (χ1) is 15.4. The molecule has 3 aromatic rings. The van der Waals surface area contributed by atoms with Gasteiger partial charge in [0.2, 0.25) is 0 Å². The van der Waals surface area contributed by atoms with Gasteiger partial charge in [0.25, 0.3) is 0 Å². The SMILES string of the molecule is COc1cc(/C=C2\C=C(c3ccc(Cl)cc3)OC2=O)cc(I)c1OCc1ccccc1Cl. The number of ether oxygens (including phenoxy) is 3. The Morgan fingerprint density at radius 3 is 2.53 bits per heavy atom. The fraction of sp³-hybridized carbons (Fsp3) is 0.0800. The van der Waals surface area contributed by atoms with Gasteiger partial charge in [-0.15, -0.1) is 0 Å². The number of methoxy groups -OCH3 is 1. The highest BCUT2D eigenvalue weighted by Crippen LogP contribution is 2.36. The minimum atomic E-state index is -0.414. The van der Waals surface area contributed by atoms with Crippen molar-refractivity contribution in [2.45, 2.75) is 6.61 Å². The van der Waals surface area contributed by atoms with Gasteiger partial charge in [0, 0.05) is 21.2 Å². The highest BCUT2D eigenvalue weighted by Gasteiger charge is 2.22. The van der Waals surface area contributed by atoms with Crippen molar-refractivity contribution in [3.63, 3.8) is 0 Å². The summed E-state index contributed by atoms with van der Waals surface area (Å²) in [4.78, 5) is 12.4. The molecule has 1 aliphatic rings. The molecular weight excluding hydrogens is 562 g/mol. The maximum atomic E-state index is 12.4. The van der Waals surface area contributed by atoms with Crippen LogP contribution in [0.25, 0.3) is 11.8 Å². The summed E-state index contributed by atoms with van der Waals surface area (Å²) in [5.74, 6) is 1.24. The molecule has 0 saturated heterocycles. The Morgan fingerprint density at radius 1 is 1.06 bits per heavy atom. The van der Waals surface area contributed by atoms with Crippen LogP contribution in [0.4, 0.5) is 0 Å². The quantitative estimate of drug-likeness (QED) is 0.177. The van der Waals surface area contributed by atoms with Crippen LogP contribution in [0.15, 0.2) is 72.3 Å². The van der Waals surface area contributed by atoms with E-state index in [-0.39, 0.29) is 0 Å². The highest BCUT2D eigenvalue weighted by atomic mass is 127. The molecule has 0 fully saturated rings. The van der Waals surface area contributed by atoms with Gasteiger partial charge in [-0.2, -0.15) is 0 Å². The van der Waals surface area contributed by atoms with Crippen LogP contribution < -0.4 is 9.47 Å². The maximum absolute atomic E-state index is 12.4. The summed E-state index contributed by atoms with van der Waals surface area (Å²) in [6.45, 7) is 0.311. The number of halogens is 3. The summed E-state index contributed by atoms with van der Waals surface area (Å²) < 4.78 is 17.8. The molecule has 1 aliphatic heterocycles. The summed E-state index contributed by atoms with van der Waals surface area (Å²) in [6.07, 6.45) is 3.47. The van der Waals surface area contributed by atoms with Crippen molar-refractivity contribution in [3.05, 3.63) is 103 Å². The first-order valence-electron chi connectivity index (χ1n) is 9.60. The molecule has 0 atom stereocenters. The van der Waals surface area contributed by atoms with Crippen molar-refractivity contribution >= 4 is 63.6 Å². The minimum absolute atomic E-state index is 0.311. The highest BCUT2D eigenvalue weighted by molar-refractivity contribution is 14.1. The standard InChI is InChI=1S/C25H17Cl2IO4/c1-30-23-12-15(11-21(28)24(23)31-14-17-4-2-3-5-20(17)27)10-18-13-22(32-25(18)29)16-6-8-19(26)9-7-16/h2-13H,14H2,1H3/b18-10+. The third-order valence-electron chi connectivity index (χ3n) is 4.76. The minimum Gasteiger partial charge on any atom is -0.493 e. The second-order valence-corrected chi connectivity index (χ2v) is 8.92. The van der Waals surface area contributed by atoms with E-state index in [0.29, 0.717) is 39.5 Å². The maximum Gasteiger partial charge on any atom is 0.343 e. The molecule has 0 radical (unpaired) electrons. The Hall–Kier alpha value is -2.48. The first kappa shape index (κ1) is 22.7. The zero-order valence-electron chi connectivity index (χ0n) is 16.9. The van der Waals surface area contributed by atoms with Gasteiger partial charge in [0.15, 0.2) is 11.5 Å². The summed E-state index contributed by atoms with van der Waals surface area (Å²) in [7, 11) is 1.58. The molecule has 4 rings (SSSR count). The van der Waals surface area contributed by atoms with Gasteiger partial charge in [0.05, 0.1) is 16.3 Å². The number of cyclic esters (lactones) is 1. The van der Waals surface area contributed by atoms with Crippen LogP contribution in [0.2, 0.25) is 10.0 Å². The van der Waals surface area contributed by atoms with Gasteiger partial charge in [-0.05, 0) is 82.8 Å². The number of carbonyl (C=O) groups excluding carboxylic acids is 1. The molecule has 3 aromatic carbocycles. The molecular formula is C25H17Cl2IO4. The Labute approximate surface area is 209 Å². The van der Waals surface area contributed by atoms with Gasteiger partial charge in [-0.25, -0.2) is 4.79 Å². The van der Waals surface area contributed by atoms with Crippen molar-refractivity contribution in [3.8, 4) is 11.5 Å². The van der Waals surface area contributed by atoms with E-state index in [4.69, 9.17) is 37.4 Å². The van der Waals surface area contributed by atoms with Gasteiger partial charge in [-0.1, -0.05) is 41.4 Å². The number of rotatable bonds is 6. The van der Waals surface area contributed by atoms with E-state index in [1.165, 1.54) is 0 Å². The fourth-order valence-corrected chi connectivity index (χ4v) is 4.25. The van der Waals surface area contributed by atoms with Gasteiger partial charge in [-0.3, -0.25) is 0 Å². The summed E-state index contributed by atoms with van der Waals surface area (Å²) in [5, 5.41) is 1.26. The van der Waals surface area contributed by atoms with Gasteiger partial charge in [0.1, 0.15) is 12.4 Å². The van der Waals surface area contributed by atoms with Crippen LogP contribution >= 0.6 is 45.8 Å². The predicted molar refractivity (Wildman–Crippen MR) is 135 cm³/mol. The van der Waals surface area contributed by atoms with E-state index in [1.807, 2.05) is 48.5 Å². The Bertz CT molecular complexity index is 1230. The van der Waals surface area contributed by atoms with E-state index in [9.17, 15) is 4.79 Å². The molecule has 0 bridgehead atoms. The number of esters is 1. The molecule has 0 unspecified atom stereocenters. The van der Waals surface area contributed by atoms with Crippen LogP contribution in [0.3, 0.4) is 0 Å². The lowest BCUT2D eigenvalue weighted by Gasteiger charge is -2.14. The molecule has 32 heavy (non-hydrogen) atoms. The lowest BCUT2D eigenvalue weighted by molar-refractivity contribution is -0.130. The van der Waals surface area contributed by atoms with Crippen molar-refractivity contribution < 1.29 is 19.0 Å². The van der Waals surface area contributed by atoms with E-state index in [0.717, 1.165) is 20.3 Å². The average Bonchev–Trinajstić information content (AvgIpc) is 3.14. The van der Waals surface area contributed by atoms with E-state index < -0.39 is 5.97 Å². The molecule has 0 aliphatic carbocycles. The summed E-state index contributed by atoms with van der Waals surface area (Å²) in [6, 6.07) is 18.4. The van der Waals surface area contributed by atoms with Gasteiger partial charge < -0.3 is 14.2 Å². The van der Waals surface area contributed by atoms with Crippen molar-refractivity contribution in [1.29, 1.82) is 0 Å². The van der Waals surface area contributed by atoms with Crippen molar-refractivity contribution in [2.24, 2.45) is 0 Å². The lowest BCUT2D eigenvalue weighted by Crippen LogP contribution is -2.01. The van der Waals surface area contributed by atoms with E-state index >= 15 is 0 Å². The molecule has 1 heterocycles. The summed E-state index contributed by atoms with van der Waals surface area (Å²) in [5.41, 5.74) is 2.89. The zero-order chi connectivity index (χ0) is 22.7. The van der Waals surface area contributed by atoms with Gasteiger partial charge >= 0.3 is 5.97 Å². The van der Waals surface area contributed by atoms with Crippen LogP contribution in [-0.4, -0.2) is 13.1 Å². The molecule has 0 amide bonds. The zero-order valence-corrected chi connectivity index (χ0v) is 20.6. The number of benzene rings is 3. The largest absolute Gasteiger partial charge is 0.493 e. The van der Waals surface area contributed by atoms with Crippen LogP contribution in [-0.2, 0) is 16.1 Å².